The van der Waals surface area contributed by atoms with Gasteiger partial charge in [0.15, 0.2) is 6.61 Å². The fourth-order valence-corrected chi connectivity index (χ4v) is 2.52. The molecule has 1 fully saturated rings. The highest BCUT2D eigenvalue weighted by Gasteiger charge is 2.17. The fourth-order valence-electron chi connectivity index (χ4n) is 2.52. The van der Waals surface area contributed by atoms with Gasteiger partial charge in [0.1, 0.15) is 5.75 Å². The van der Waals surface area contributed by atoms with Crippen LogP contribution in [0.3, 0.4) is 0 Å². The Kier molecular flexibility index (Phi) is 5.03. The van der Waals surface area contributed by atoms with Crippen molar-refractivity contribution in [3.05, 3.63) is 23.8 Å². The van der Waals surface area contributed by atoms with Crippen molar-refractivity contribution < 1.29 is 14.3 Å². The molecule has 2 amide bonds. The summed E-state index contributed by atoms with van der Waals surface area (Å²) in [5, 5.41) is 2.94. The summed E-state index contributed by atoms with van der Waals surface area (Å²) in [4.78, 5) is 23.2. The van der Waals surface area contributed by atoms with Crippen LogP contribution in [-0.2, 0) is 4.79 Å². The second kappa shape index (κ2) is 6.97. The van der Waals surface area contributed by atoms with Gasteiger partial charge in [-0.3, -0.25) is 9.59 Å². The molecule has 1 aliphatic carbocycles. The number of hydrogen-bond acceptors (Lipinski definition) is 4. The van der Waals surface area contributed by atoms with E-state index in [0.29, 0.717) is 5.69 Å². The Labute approximate surface area is 123 Å². The Morgan fingerprint density at radius 2 is 1.95 bits per heavy atom. The van der Waals surface area contributed by atoms with Gasteiger partial charge in [-0.1, -0.05) is 19.3 Å². The lowest BCUT2D eigenvalue weighted by atomic mass is 9.95. The van der Waals surface area contributed by atoms with Gasteiger partial charge in [0.2, 0.25) is 0 Å². The number of benzene rings is 1. The number of nitrogens with two attached hydrogens (primary N) is 2. The maximum atomic E-state index is 11.9. The van der Waals surface area contributed by atoms with Gasteiger partial charge in [-0.25, -0.2) is 0 Å². The van der Waals surface area contributed by atoms with Gasteiger partial charge < -0.3 is 21.5 Å². The van der Waals surface area contributed by atoms with Crippen LogP contribution in [0.25, 0.3) is 0 Å². The summed E-state index contributed by atoms with van der Waals surface area (Å²) in [5.41, 5.74) is 11.6. The lowest BCUT2D eigenvalue weighted by Crippen LogP contribution is -2.39. The third kappa shape index (κ3) is 4.37. The Bertz CT molecular complexity index is 525. The molecule has 0 atom stereocenters. The average Bonchev–Trinajstić information content (AvgIpc) is 2.46. The van der Waals surface area contributed by atoms with Crippen molar-refractivity contribution in [1.29, 1.82) is 0 Å². The number of carbonyl (C=O) groups excluding carboxylic acids is 2. The second-order valence-electron chi connectivity index (χ2n) is 5.31. The highest BCUT2D eigenvalue weighted by molar-refractivity contribution is 5.96. The molecule has 0 aromatic heterocycles. The number of nitrogens with one attached hydrogen (secondary N) is 1. The normalized spacial score (nSPS) is 15.4. The summed E-state index contributed by atoms with van der Waals surface area (Å²) in [6, 6.07) is 4.78. The van der Waals surface area contributed by atoms with E-state index >= 15 is 0 Å². The number of primary amides is 1. The van der Waals surface area contributed by atoms with E-state index in [-0.39, 0.29) is 29.9 Å². The van der Waals surface area contributed by atoms with Crippen LogP contribution in [0, 0.1) is 0 Å². The molecule has 0 bridgehead atoms. The van der Waals surface area contributed by atoms with Gasteiger partial charge in [0.25, 0.3) is 11.8 Å². The van der Waals surface area contributed by atoms with E-state index in [9.17, 15) is 9.59 Å². The van der Waals surface area contributed by atoms with Crippen LogP contribution >= 0.6 is 0 Å². The zero-order chi connectivity index (χ0) is 15.2. The van der Waals surface area contributed by atoms with Crippen LogP contribution in [0.15, 0.2) is 18.2 Å². The molecule has 1 aromatic rings. The van der Waals surface area contributed by atoms with Crippen LogP contribution in [0.1, 0.15) is 42.5 Å². The van der Waals surface area contributed by atoms with E-state index in [4.69, 9.17) is 16.2 Å². The first-order chi connectivity index (χ1) is 10.1. The SMILES string of the molecule is NC(=O)c1ccc(N)cc1OCC(=O)NC1CCCCC1. The number of anilines is 1. The van der Waals surface area contributed by atoms with Crippen LogP contribution in [0.4, 0.5) is 5.69 Å². The predicted octanol–water partition coefficient (Wildman–Crippen LogP) is 1.20. The lowest BCUT2D eigenvalue weighted by Gasteiger charge is -2.22. The van der Waals surface area contributed by atoms with Gasteiger partial charge in [-0.05, 0) is 25.0 Å². The number of ether oxygens (including phenoxy) is 1. The number of nitrogen functional groups attached to an aromatic ring is 1. The molecular weight excluding hydrogens is 270 g/mol. The summed E-state index contributed by atoms with van der Waals surface area (Å²) in [6.07, 6.45) is 5.54. The molecule has 0 saturated heterocycles. The van der Waals surface area contributed by atoms with Crippen molar-refractivity contribution in [3.8, 4) is 5.75 Å². The smallest absolute Gasteiger partial charge is 0.258 e. The largest absolute Gasteiger partial charge is 0.483 e. The Hall–Kier alpha value is -2.24. The maximum Gasteiger partial charge on any atom is 0.258 e. The van der Waals surface area contributed by atoms with Gasteiger partial charge in [0.05, 0.1) is 5.56 Å². The second-order valence-corrected chi connectivity index (χ2v) is 5.31. The van der Waals surface area contributed by atoms with Gasteiger partial charge >= 0.3 is 0 Å². The Morgan fingerprint density at radius 1 is 1.24 bits per heavy atom. The molecule has 6 nitrogen and oxygen atoms in total. The summed E-state index contributed by atoms with van der Waals surface area (Å²) >= 11 is 0. The van der Waals surface area contributed by atoms with Crippen LogP contribution in [-0.4, -0.2) is 24.5 Å². The molecule has 1 saturated carbocycles. The minimum atomic E-state index is -0.613. The van der Waals surface area contributed by atoms with Gasteiger partial charge in [-0.2, -0.15) is 0 Å². The van der Waals surface area contributed by atoms with E-state index in [1.54, 1.807) is 6.07 Å². The molecule has 0 radical (unpaired) electrons. The molecular formula is C15H21N3O3. The first-order valence-corrected chi connectivity index (χ1v) is 7.18. The van der Waals surface area contributed by atoms with E-state index in [1.165, 1.54) is 18.6 Å². The van der Waals surface area contributed by atoms with Crippen LogP contribution in [0.2, 0.25) is 0 Å². The number of rotatable bonds is 5. The molecule has 6 heteroatoms. The van der Waals surface area contributed by atoms with Crippen molar-refractivity contribution in [2.75, 3.05) is 12.3 Å². The number of amides is 2. The topological polar surface area (TPSA) is 107 Å². The summed E-state index contributed by atoms with van der Waals surface area (Å²) < 4.78 is 5.39. The first-order valence-electron chi connectivity index (χ1n) is 7.18. The molecule has 2 rings (SSSR count). The molecule has 0 spiro atoms. The molecule has 1 aliphatic rings. The standard InChI is InChI=1S/C15H21N3O3/c16-10-6-7-12(15(17)20)13(8-10)21-9-14(19)18-11-4-2-1-3-5-11/h6-8,11H,1-5,9,16H2,(H2,17,20)(H,18,19). The molecule has 5 N–H and O–H groups in total. The van der Waals surface area contributed by atoms with Gasteiger partial charge in [0, 0.05) is 17.8 Å². The molecule has 114 valence electrons. The van der Waals surface area contributed by atoms with Crippen molar-refractivity contribution in [2.24, 2.45) is 5.73 Å². The first kappa shape index (κ1) is 15.2. The fraction of sp³-hybridized carbons (Fsp3) is 0.467. The van der Waals surface area contributed by atoms with Gasteiger partial charge in [-0.15, -0.1) is 0 Å². The van der Waals surface area contributed by atoms with Crippen LogP contribution < -0.4 is 21.5 Å². The quantitative estimate of drug-likeness (QED) is 0.708. The zero-order valence-corrected chi connectivity index (χ0v) is 11.9. The highest BCUT2D eigenvalue weighted by Crippen LogP contribution is 2.21. The monoisotopic (exact) mass is 291 g/mol. The minimum Gasteiger partial charge on any atom is -0.483 e. The summed E-state index contributed by atoms with van der Waals surface area (Å²) in [5.74, 6) is -0.571. The van der Waals surface area contributed by atoms with Crippen LogP contribution in [0.5, 0.6) is 5.75 Å². The van der Waals surface area contributed by atoms with Crippen molar-refractivity contribution in [1.82, 2.24) is 5.32 Å². The number of hydrogen-bond donors (Lipinski definition) is 3. The zero-order valence-electron chi connectivity index (χ0n) is 11.9. The molecule has 0 unspecified atom stereocenters. The minimum absolute atomic E-state index is 0.153. The molecule has 21 heavy (non-hydrogen) atoms. The molecule has 0 aliphatic heterocycles. The van der Waals surface area contributed by atoms with E-state index in [1.807, 2.05) is 0 Å². The third-order valence-electron chi connectivity index (χ3n) is 3.60. The van der Waals surface area contributed by atoms with Crippen molar-refractivity contribution in [3.63, 3.8) is 0 Å². The molecule has 1 aromatic carbocycles. The summed E-state index contributed by atoms with van der Waals surface area (Å²) in [7, 11) is 0. The molecule has 0 heterocycles. The van der Waals surface area contributed by atoms with E-state index < -0.39 is 5.91 Å². The highest BCUT2D eigenvalue weighted by atomic mass is 16.5. The Balaban J connectivity index is 1.91. The van der Waals surface area contributed by atoms with E-state index in [2.05, 4.69) is 5.32 Å². The van der Waals surface area contributed by atoms with E-state index in [0.717, 1.165) is 25.7 Å². The van der Waals surface area contributed by atoms with Crippen molar-refractivity contribution >= 4 is 17.5 Å². The Morgan fingerprint density at radius 3 is 2.62 bits per heavy atom. The average molecular weight is 291 g/mol. The number of carbonyl (C=O) groups is 2. The summed E-state index contributed by atoms with van der Waals surface area (Å²) in [6.45, 7) is -0.153. The third-order valence-corrected chi connectivity index (χ3v) is 3.60. The lowest BCUT2D eigenvalue weighted by molar-refractivity contribution is -0.124. The predicted molar refractivity (Wildman–Crippen MR) is 79.9 cm³/mol. The maximum absolute atomic E-state index is 11.9. The van der Waals surface area contributed by atoms with Crippen molar-refractivity contribution in [2.45, 2.75) is 38.1 Å².